The molecule has 1 N–H and O–H groups in total. The maximum atomic E-state index is 13.3. The van der Waals surface area contributed by atoms with Crippen molar-refractivity contribution < 1.29 is 9.59 Å². The molecule has 0 aliphatic carbocycles. The third-order valence-corrected chi connectivity index (χ3v) is 7.16. The van der Waals surface area contributed by atoms with Crippen molar-refractivity contribution >= 4 is 28.8 Å². The third-order valence-electron chi connectivity index (χ3n) is 6.22. The molecule has 0 saturated carbocycles. The molecule has 5 rings (SSSR count). The van der Waals surface area contributed by atoms with Crippen LogP contribution in [-0.2, 0) is 22.7 Å². The van der Waals surface area contributed by atoms with E-state index in [0.717, 1.165) is 28.2 Å². The van der Waals surface area contributed by atoms with Crippen LogP contribution in [-0.4, -0.2) is 21.4 Å². The monoisotopic (exact) mass is 470 g/mol. The van der Waals surface area contributed by atoms with Crippen molar-refractivity contribution in [1.29, 1.82) is 0 Å². The summed E-state index contributed by atoms with van der Waals surface area (Å²) in [5, 5.41) is 5.06. The van der Waals surface area contributed by atoms with Gasteiger partial charge < -0.3 is 14.8 Å². The Kier molecular flexibility index (Phi) is 6.27. The zero-order valence-corrected chi connectivity index (χ0v) is 19.7. The smallest absolute Gasteiger partial charge is 0.228 e. The molecule has 1 fully saturated rings. The molecule has 1 aliphatic rings. The summed E-state index contributed by atoms with van der Waals surface area (Å²) in [5.74, 6) is -0.553. The fourth-order valence-corrected chi connectivity index (χ4v) is 5.32. The molecule has 4 aromatic rings. The summed E-state index contributed by atoms with van der Waals surface area (Å²) < 4.78 is 2.01. The van der Waals surface area contributed by atoms with Gasteiger partial charge in [0, 0.05) is 42.5 Å². The molecular weight excluding hydrogens is 444 g/mol. The highest BCUT2D eigenvalue weighted by atomic mass is 32.1. The van der Waals surface area contributed by atoms with Gasteiger partial charge in [0.2, 0.25) is 11.8 Å². The number of anilines is 1. The molecule has 34 heavy (non-hydrogen) atoms. The number of thiophene rings is 1. The van der Waals surface area contributed by atoms with E-state index in [9.17, 15) is 9.59 Å². The van der Waals surface area contributed by atoms with Gasteiger partial charge in [0.15, 0.2) is 0 Å². The van der Waals surface area contributed by atoms with Crippen molar-refractivity contribution in [2.24, 2.45) is 5.92 Å². The van der Waals surface area contributed by atoms with Gasteiger partial charge in [0.1, 0.15) is 0 Å². The summed E-state index contributed by atoms with van der Waals surface area (Å²) in [6, 6.07) is 19.8. The first-order chi connectivity index (χ1) is 16.6. The lowest BCUT2D eigenvalue weighted by Gasteiger charge is -2.27. The average Bonchev–Trinajstić information content (AvgIpc) is 3.61. The van der Waals surface area contributed by atoms with Crippen LogP contribution in [0.15, 0.2) is 84.8 Å². The third kappa shape index (κ3) is 4.65. The summed E-state index contributed by atoms with van der Waals surface area (Å²) in [6.45, 7) is 3.21. The van der Waals surface area contributed by atoms with Crippen LogP contribution in [0, 0.1) is 12.8 Å². The van der Waals surface area contributed by atoms with E-state index in [0.29, 0.717) is 6.54 Å². The SMILES string of the molecule is Cc1ccc(N2C(=O)C[C@H](C(=O)NCc3ccc(Cn4ccnc4)cc3)[C@@H]2c2cccs2)cc1. The van der Waals surface area contributed by atoms with Gasteiger partial charge in [0.05, 0.1) is 18.3 Å². The second kappa shape index (κ2) is 9.65. The van der Waals surface area contributed by atoms with E-state index in [2.05, 4.69) is 22.4 Å². The number of nitrogens with one attached hydrogen (secondary N) is 1. The topological polar surface area (TPSA) is 67.2 Å². The van der Waals surface area contributed by atoms with Gasteiger partial charge in [-0.25, -0.2) is 4.98 Å². The van der Waals surface area contributed by atoms with Crippen LogP contribution in [0.5, 0.6) is 0 Å². The molecule has 0 bridgehead atoms. The Bertz CT molecular complexity index is 1250. The Hall–Kier alpha value is -3.71. The van der Waals surface area contributed by atoms with Crippen LogP contribution in [0.3, 0.4) is 0 Å². The van der Waals surface area contributed by atoms with Crippen molar-refractivity contribution in [1.82, 2.24) is 14.9 Å². The Morgan fingerprint density at radius 3 is 2.53 bits per heavy atom. The molecule has 0 radical (unpaired) electrons. The summed E-state index contributed by atoms with van der Waals surface area (Å²) >= 11 is 1.58. The Balaban J connectivity index is 1.29. The van der Waals surface area contributed by atoms with Gasteiger partial charge in [-0.15, -0.1) is 11.3 Å². The highest BCUT2D eigenvalue weighted by molar-refractivity contribution is 7.10. The van der Waals surface area contributed by atoms with E-state index >= 15 is 0 Å². The van der Waals surface area contributed by atoms with Crippen LogP contribution >= 0.6 is 11.3 Å². The number of aromatic nitrogens is 2. The quantitative estimate of drug-likeness (QED) is 0.425. The molecule has 1 aliphatic heterocycles. The maximum Gasteiger partial charge on any atom is 0.228 e. The number of rotatable bonds is 7. The number of carbonyl (C=O) groups excluding carboxylic acids is 2. The lowest BCUT2D eigenvalue weighted by atomic mass is 9.97. The van der Waals surface area contributed by atoms with Crippen molar-refractivity contribution in [3.8, 4) is 0 Å². The molecule has 172 valence electrons. The van der Waals surface area contributed by atoms with E-state index in [4.69, 9.17) is 0 Å². The van der Waals surface area contributed by atoms with Crippen molar-refractivity contribution in [2.45, 2.75) is 32.5 Å². The number of hydrogen-bond donors (Lipinski definition) is 1. The Labute approximate surface area is 202 Å². The standard InChI is InChI=1S/C27H26N4O2S/c1-19-4-10-22(11-5-19)31-25(32)15-23(26(31)24-3-2-14-34-24)27(33)29-16-20-6-8-21(9-7-20)17-30-13-12-28-18-30/h2-14,18,23,26H,15-17H2,1H3,(H,29,33)/t23-,26+/m0/s1. The molecule has 2 amide bonds. The first-order valence-corrected chi connectivity index (χ1v) is 12.2. The first-order valence-electron chi connectivity index (χ1n) is 11.3. The van der Waals surface area contributed by atoms with Crippen LogP contribution in [0.4, 0.5) is 5.69 Å². The predicted molar refractivity (Wildman–Crippen MR) is 133 cm³/mol. The van der Waals surface area contributed by atoms with Crippen molar-refractivity contribution in [3.05, 3.63) is 106 Å². The fourth-order valence-electron chi connectivity index (χ4n) is 4.44. The van der Waals surface area contributed by atoms with Crippen LogP contribution in [0.2, 0.25) is 0 Å². The highest BCUT2D eigenvalue weighted by Gasteiger charge is 2.45. The number of carbonyl (C=O) groups is 2. The largest absolute Gasteiger partial charge is 0.352 e. The normalized spacial score (nSPS) is 17.8. The second-order valence-electron chi connectivity index (χ2n) is 8.64. The molecule has 0 unspecified atom stereocenters. The van der Waals surface area contributed by atoms with E-state index < -0.39 is 5.92 Å². The molecule has 1 saturated heterocycles. The first kappa shape index (κ1) is 22.1. The van der Waals surface area contributed by atoms with Gasteiger partial charge in [-0.3, -0.25) is 9.59 Å². The van der Waals surface area contributed by atoms with Crippen LogP contribution in [0.1, 0.15) is 34.0 Å². The summed E-state index contributed by atoms with van der Waals surface area (Å²) in [5.41, 5.74) is 4.15. The molecule has 2 atom stereocenters. The van der Waals surface area contributed by atoms with Crippen LogP contribution in [0.25, 0.3) is 0 Å². The number of nitrogens with zero attached hydrogens (tertiary/aromatic N) is 3. The molecule has 0 spiro atoms. The fraction of sp³-hybridized carbons (Fsp3) is 0.222. The molecular formula is C27H26N4O2S. The number of amides is 2. The number of hydrogen-bond acceptors (Lipinski definition) is 4. The lowest BCUT2D eigenvalue weighted by Crippen LogP contribution is -2.35. The molecule has 7 heteroatoms. The van der Waals surface area contributed by atoms with Gasteiger partial charge >= 0.3 is 0 Å². The maximum absolute atomic E-state index is 13.3. The average molecular weight is 471 g/mol. The number of benzene rings is 2. The van der Waals surface area contributed by atoms with E-state index in [1.54, 1.807) is 28.8 Å². The molecule has 6 nitrogen and oxygen atoms in total. The second-order valence-corrected chi connectivity index (χ2v) is 9.62. The zero-order chi connectivity index (χ0) is 23.5. The molecule has 3 heterocycles. The lowest BCUT2D eigenvalue weighted by molar-refractivity contribution is -0.126. The minimum atomic E-state index is -0.437. The van der Waals surface area contributed by atoms with Gasteiger partial charge in [0.25, 0.3) is 0 Å². The molecule has 2 aromatic heterocycles. The van der Waals surface area contributed by atoms with Crippen molar-refractivity contribution in [2.75, 3.05) is 4.90 Å². The predicted octanol–water partition coefficient (Wildman–Crippen LogP) is 4.71. The summed E-state index contributed by atoms with van der Waals surface area (Å²) in [7, 11) is 0. The van der Waals surface area contributed by atoms with Crippen LogP contribution < -0.4 is 10.2 Å². The minimum absolute atomic E-state index is 0.0220. The zero-order valence-electron chi connectivity index (χ0n) is 18.9. The Morgan fingerprint density at radius 1 is 1.09 bits per heavy atom. The van der Waals surface area contributed by atoms with E-state index in [1.807, 2.05) is 71.6 Å². The highest BCUT2D eigenvalue weighted by Crippen LogP contribution is 2.43. The van der Waals surface area contributed by atoms with E-state index in [-0.39, 0.29) is 24.3 Å². The minimum Gasteiger partial charge on any atom is -0.352 e. The Morgan fingerprint density at radius 2 is 1.85 bits per heavy atom. The van der Waals surface area contributed by atoms with Gasteiger partial charge in [-0.05, 0) is 41.6 Å². The number of aryl methyl sites for hydroxylation is 1. The summed E-state index contributed by atoms with van der Waals surface area (Å²) in [6.07, 6.45) is 5.69. The van der Waals surface area contributed by atoms with Crippen molar-refractivity contribution in [3.63, 3.8) is 0 Å². The van der Waals surface area contributed by atoms with Gasteiger partial charge in [-0.1, -0.05) is 48.0 Å². The number of imidazole rings is 1. The van der Waals surface area contributed by atoms with Gasteiger partial charge in [-0.2, -0.15) is 0 Å². The van der Waals surface area contributed by atoms with E-state index in [1.165, 1.54) is 5.56 Å². The summed E-state index contributed by atoms with van der Waals surface area (Å²) in [4.78, 5) is 33.2. The molecule has 2 aromatic carbocycles.